The molecule has 0 spiro atoms. The Labute approximate surface area is 147 Å². The van der Waals surface area contributed by atoms with Crippen molar-refractivity contribution in [2.75, 3.05) is 24.6 Å². The van der Waals surface area contributed by atoms with E-state index in [2.05, 4.69) is 0 Å². The van der Waals surface area contributed by atoms with Gasteiger partial charge in [0.15, 0.2) is 5.69 Å². The third-order valence-corrected chi connectivity index (χ3v) is 4.41. The lowest BCUT2D eigenvalue weighted by Crippen LogP contribution is -2.39. The Bertz CT molecular complexity index is 835. The highest BCUT2D eigenvalue weighted by Gasteiger charge is 2.36. The summed E-state index contributed by atoms with van der Waals surface area (Å²) in [6, 6.07) is 4.61. The van der Waals surface area contributed by atoms with Crippen LogP contribution >= 0.6 is 0 Å². The van der Waals surface area contributed by atoms with Gasteiger partial charge in [0.05, 0.1) is 35.9 Å². The number of aliphatic hydroxyl groups excluding tert-OH is 1. The summed E-state index contributed by atoms with van der Waals surface area (Å²) in [6.45, 7) is 1.62. The van der Waals surface area contributed by atoms with Crippen LogP contribution in [0.4, 0.5) is 17.1 Å². The van der Waals surface area contributed by atoms with E-state index >= 15 is 0 Å². The van der Waals surface area contributed by atoms with Crippen LogP contribution in [0, 0.1) is 27.2 Å². The monoisotopic (exact) mass is 363 g/mol. The second kappa shape index (κ2) is 7.10. The predicted octanol–water partition coefficient (Wildman–Crippen LogP) is 2.47. The molecule has 10 heteroatoms. The maximum Gasteiger partial charge on any atom is 0.302 e. The van der Waals surface area contributed by atoms with E-state index in [9.17, 15) is 25.3 Å². The molecule has 1 aliphatic rings. The molecule has 26 heavy (non-hydrogen) atoms. The van der Waals surface area contributed by atoms with E-state index in [1.165, 1.54) is 19.3 Å². The van der Waals surface area contributed by atoms with Gasteiger partial charge in [0.2, 0.25) is 0 Å². The standard InChI is InChI=1S/C16H17N3O7/c1-10-11(9-20)7-12(18(21)22)16(15(10)19(23)24)17-4-6-26-14(8-17)13-3-2-5-25-13/h2-3,5,7,14,20H,4,6,8-9H2,1H3. The number of hydrogen-bond acceptors (Lipinski definition) is 8. The van der Waals surface area contributed by atoms with Gasteiger partial charge in [0.25, 0.3) is 5.69 Å². The summed E-state index contributed by atoms with van der Waals surface area (Å²) in [6.07, 6.45) is 0.999. The second-order valence-corrected chi connectivity index (χ2v) is 5.87. The van der Waals surface area contributed by atoms with Crippen LogP contribution in [0.3, 0.4) is 0 Å². The van der Waals surface area contributed by atoms with Gasteiger partial charge in [-0.1, -0.05) is 0 Å². The van der Waals surface area contributed by atoms with Crippen LogP contribution < -0.4 is 4.90 Å². The Kier molecular flexibility index (Phi) is 4.87. The molecule has 10 nitrogen and oxygen atoms in total. The molecular weight excluding hydrogens is 346 g/mol. The number of aliphatic hydroxyl groups is 1. The van der Waals surface area contributed by atoms with Gasteiger partial charge in [-0.05, 0) is 24.6 Å². The molecular formula is C16H17N3O7. The van der Waals surface area contributed by atoms with Gasteiger partial charge in [-0.25, -0.2) is 0 Å². The molecule has 1 aromatic carbocycles. The third kappa shape index (κ3) is 3.11. The Balaban J connectivity index is 2.11. The molecule has 1 aliphatic heterocycles. The Morgan fingerprint density at radius 3 is 2.69 bits per heavy atom. The Morgan fingerprint density at radius 2 is 2.12 bits per heavy atom. The summed E-state index contributed by atoms with van der Waals surface area (Å²) in [7, 11) is 0. The number of nitro groups is 2. The third-order valence-electron chi connectivity index (χ3n) is 4.41. The van der Waals surface area contributed by atoms with E-state index in [0.717, 1.165) is 0 Å². The molecule has 0 bridgehead atoms. The summed E-state index contributed by atoms with van der Waals surface area (Å²) >= 11 is 0. The van der Waals surface area contributed by atoms with Crippen molar-refractivity contribution in [3.63, 3.8) is 0 Å². The van der Waals surface area contributed by atoms with Crippen molar-refractivity contribution in [2.45, 2.75) is 19.6 Å². The van der Waals surface area contributed by atoms with Crippen LogP contribution in [0.15, 0.2) is 28.9 Å². The average molecular weight is 363 g/mol. The number of nitrogens with zero attached hydrogens (tertiary/aromatic N) is 3. The quantitative estimate of drug-likeness (QED) is 0.633. The largest absolute Gasteiger partial charge is 0.467 e. The number of morpholine rings is 1. The van der Waals surface area contributed by atoms with E-state index in [1.54, 1.807) is 17.0 Å². The number of anilines is 1. The van der Waals surface area contributed by atoms with Crippen molar-refractivity contribution in [3.8, 4) is 0 Å². The molecule has 2 aromatic rings. The van der Waals surface area contributed by atoms with Crippen LogP contribution in [0.5, 0.6) is 0 Å². The van der Waals surface area contributed by atoms with Crippen LogP contribution in [0.25, 0.3) is 0 Å². The van der Waals surface area contributed by atoms with Crippen molar-refractivity contribution < 1.29 is 24.1 Å². The lowest BCUT2D eigenvalue weighted by atomic mass is 10.0. The number of hydrogen-bond donors (Lipinski definition) is 1. The minimum atomic E-state index is -0.668. The topological polar surface area (TPSA) is 132 Å². The minimum absolute atomic E-state index is 0.0745. The molecule has 3 rings (SSSR count). The van der Waals surface area contributed by atoms with Gasteiger partial charge in [-0.15, -0.1) is 0 Å². The van der Waals surface area contributed by atoms with Crippen molar-refractivity contribution >= 4 is 17.1 Å². The van der Waals surface area contributed by atoms with Gasteiger partial charge in [0, 0.05) is 18.2 Å². The fourth-order valence-electron chi connectivity index (χ4n) is 3.13. The smallest absolute Gasteiger partial charge is 0.302 e. The molecule has 1 N–H and O–H groups in total. The first-order valence-electron chi connectivity index (χ1n) is 7.90. The van der Waals surface area contributed by atoms with Gasteiger partial charge >= 0.3 is 5.69 Å². The highest BCUT2D eigenvalue weighted by atomic mass is 16.6. The Morgan fingerprint density at radius 1 is 1.35 bits per heavy atom. The molecule has 1 atom stereocenters. The maximum atomic E-state index is 11.7. The number of furan rings is 1. The van der Waals surface area contributed by atoms with Crippen LogP contribution in [0.2, 0.25) is 0 Å². The number of benzene rings is 1. The summed E-state index contributed by atoms with van der Waals surface area (Å²) in [4.78, 5) is 23.5. The molecule has 1 aromatic heterocycles. The zero-order valence-corrected chi connectivity index (χ0v) is 14.0. The van der Waals surface area contributed by atoms with Gasteiger partial charge in [-0.2, -0.15) is 0 Å². The van der Waals surface area contributed by atoms with E-state index in [-0.39, 0.29) is 42.2 Å². The lowest BCUT2D eigenvalue weighted by molar-refractivity contribution is -0.393. The molecule has 0 amide bonds. The highest BCUT2D eigenvalue weighted by molar-refractivity contribution is 5.79. The summed E-state index contributed by atoms with van der Waals surface area (Å²) in [5, 5.41) is 32.6. The highest BCUT2D eigenvalue weighted by Crippen LogP contribution is 2.43. The van der Waals surface area contributed by atoms with E-state index < -0.39 is 28.2 Å². The van der Waals surface area contributed by atoms with E-state index in [1.807, 2.05) is 0 Å². The van der Waals surface area contributed by atoms with E-state index in [0.29, 0.717) is 5.76 Å². The zero-order chi connectivity index (χ0) is 18.8. The molecule has 1 saturated heterocycles. The lowest BCUT2D eigenvalue weighted by Gasteiger charge is -2.33. The van der Waals surface area contributed by atoms with Gasteiger partial charge in [0.1, 0.15) is 11.9 Å². The molecule has 0 radical (unpaired) electrons. The minimum Gasteiger partial charge on any atom is -0.467 e. The molecule has 0 saturated carbocycles. The molecule has 1 unspecified atom stereocenters. The van der Waals surface area contributed by atoms with Gasteiger partial charge < -0.3 is 19.2 Å². The fourth-order valence-corrected chi connectivity index (χ4v) is 3.13. The number of ether oxygens (including phenoxy) is 1. The first kappa shape index (κ1) is 17.8. The summed E-state index contributed by atoms with van der Waals surface area (Å²) < 4.78 is 11.0. The molecule has 2 heterocycles. The molecule has 1 fully saturated rings. The van der Waals surface area contributed by atoms with Gasteiger partial charge in [-0.3, -0.25) is 20.2 Å². The zero-order valence-electron chi connectivity index (χ0n) is 14.0. The van der Waals surface area contributed by atoms with Crippen molar-refractivity contribution in [2.24, 2.45) is 0 Å². The maximum absolute atomic E-state index is 11.7. The van der Waals surface area contributed by atoms with Crippen LogP contribution in [-0.2, 0) is 11.3 Å². The average Bonchev–Trinajstić information content (AvgIpc) is 3.15. The predicted molar refractivity (Wildman–Crippen MR) is 90.0 cm³/mol. The van der Waals surface area contributed by atoms with Crippen molar-refractivity contribution in [1.82, 2.24) is 0 Å². The normalized spacial score (nSPS) is 17.3. The second-order valence-electron chi connectivity index (χ2n) is 5.87. The molecule has 138 valence electrons. The number of rotatable bonds is 5. The van der Waals surface area contributed by atoms with Crippen molar-refractivity contribution in [3.05, 3.63) is 61.6 Å². The number of nitro benzene ring substituents is 2. The first-order chi connectivity index (χ1) is 12.4. The molecule has 0 aliphatic carbocycles. The first-order valence-corrected chi connectivity index (χ1v) is 7.90. The Hall–Kier alpha value is -2.98. The van der Waals surface area contributed by atoms with E-state index in [4.69, 9.17) is 9.15 Å². The summed E-state index contributed by atoms with van der Waals surface area (Å²) in [5.41, 5.74) is -0.494. The van der Waals surface area contributed by atoms with Crippen LogP contribution in [-0.4, -0.2) is 34.6 Å². The SMILES string of the molecule is Cc1c(CO)cc([N+](=O)[O-])c(N2CCOC(c3ccco3)C2)c1[N+](=O)[O-]. The van der Waals surface area contributed by atoms with Crippen molar-refractivity contribution in [1.29, 1.82) is 0 Å². The fraction of sp³-hybridized carbons (Fsp3) is 0.375. The van der Waals surface area contributed by atoms with Crippen LogP contribution in [0.1, 0.15) is 23.0 Å². The summed E-state index contributed by atoms with van der Waals surface area (Å²) in [5.74, 6) is 0.545.